The molecule has 0 aliphatic carbocycles. The molecule has 23 heavy (non-hydrogen) atoms. The van der Waals surface area contributed by atoms with Crippen LogP contribution in [0.3, 0.4) is 0 Å². The molecule has 0 saturated heterocycles. The van der Waals surface area contributed by atoms with Crippen molar-refractivity contribution in [2.75, 3.05) is 19.4 Å². The molecule has 120 valence electrons. The number of hydrogen-bond donors (Lipinski definition) is 2. The molecule has 0 heterocycles. The zero-order chi connectivity index (χ0) is 16.8. The van der Waals surface area contributed by atoms with E-state index in [4.69, 9.17) is 5.11 Å². The van der Waals surface area contributed by atoms with Crippen molar-refractivity contribution in [1.29, 1.82) is 0 Å². The number of rotatable bonds is 6. The van der Waals surface area contributed by atoms with E-state index >= 15 is 0 Å². The fourth-order valence-corrected chi connectivity index (χ4v) is 2.26. The number of carboxylic acids is 1. The van der Waals surface area contributed by atoms with Gasteiger partial charge in [0.25, 0.3) is 5.91 Å². The normalized spacial score (nSPS) is 10.6. The summed E-state index contributed by atoms with van der Waals surface area (Å²) >= 11 is 0. The highest BCUT2D eigenvalue weighted by Crippen LogP contribution is 2.13. The minimum absolute atomic E-state index is 0.0270. The molecule has 0 aliphatic heterocycles. The summed E-state index contributed by atoms with van der Waals surface area (Å²) in [4.78, 5) is 25.0. The molecule has 2 N–H and O–H groups in total. The number of aliphatic carboxylic acids is 1. The van der Waals surface area contributed by atoms with Gasteiger partial charge in [0, 0.05) is 17.8 Å². The molecule has 2 aromatic rings. The van der Waals surface area contributed by atoms with Gasteiger partial charge in [-0.3, -0.25) is 9.59 Å². The molecule has 2 aromatic carbocycles. The molecule has 0 aliphatic rings. The summed E-state index contributed by atoms with van der Waals surface area (Å²) in [5.74, 6) is -1.06. The molecule has 2 rings (SSSR count). The highest BCUT2D eigenvalue weighted by atomic mass is 16.4. The fraction of sp³-hybridized carbons (Fsp3) is 0.222. The second-order valence-corrected chi connectivity index (χ2v) is 5.66. The van der Waals surface area contributed by atoms with Crippen molar-refractivity contribution in [3.63, 3.8) is 0 Å². The Kier molecular flexibility index (Phi) is 5.49. The smallest absolute Gasteiger partial charge is 0.307 e. The fourth-order valence-electron chi connectivity index (χ4n) is 2.26. The van der Waals surface area contributed by atoms with Crippen LogP contribution in [0, 0.1) is 0 Å². The summed E-state index contributed by atoms with van der Waals surface area (Å²) in [6, 6.07) is 14.3. The van der Waals surface area contributed by atoms with Gasteiger partial charge in [-0.15, -0.1) is 0 Å². The molecule has 5 heteroatoms. The first-order valence-electron chi connectivity index (χ1n) is 7.30. The molecule has 0 aromatic heterocycles. The van der Waals surface area contributed by atoms with Gasteiger partial charge in [0.05, 0.1) is 6.42 Å². The van der Waals surface area contributed by atoms with E-state index in [0.717, 1.165) is 12.1 Å². The lowest BCUT2D eigenvalue weighted by Crippen LogP contribution is -2.14. The molecule has 0 fully saturated rings. The second-order valence-electron chi connectivity index (χ2n) is 5.66. The molecule has 0 bridgehead atoms. The van der Waals surface area contributed by atoms with Crippen LogP contribution in [0.1, 0.15) is 21.5 Å². The lowest BCUT2D eigenvalue weighted by atomic mass is 10.1. The van der Waals surface area contributed by atoms with Gasteiger partial charge < -0.3 is 15.3 Å². The number of carbonyl (C=O) groups excluding carboxylic acids is 1. The van der Waals surface area contributed by atoms with Crippen molar-refractivity contribution >= 4 is 17.6 Å². The van der Waals surface area contributed by atoms with Gasteiger partial charge >= 0.3 is 5.97 Å². The lowest BCUT2D eigenvalue weighted by Gasteiger charge is -2.11. The first kappa shape index (κ1) is 16.7. The predicted molar refractivity (Wildman–Crippen MR) is 89.6 cm³/mol. The number of benzene rings is 2. The van der Waals surface area contributed by atoms with Gasteiger partial charge in [0.2, 0.25) is 0 Å². The average Bonchev–Trinajstić information content (AvgIpc) is 2.48. The minimum Gasteiger partial charge on any atom is -0.481 e. The van der Waals surface area contributed by atoms with Crippen molar-refractivity contribution in [1.82, 2.24) is 4.90 Å². The van der Waals surface area contributed by atoms with Crippen molar-refractivity contribution in [3.8, 4) is 0 Å². The van der Waals surface area contributed by atoms with Crippen LogP contribution >= 0.6 is 0 Å². The van der Waals surface area contributed by atoms with Crippen LogP contribution in [0.2, 0.25) is 0 Å². The van der Waals surface area contributed by atoms with E-state index in [2.05, 4.69) is 5.32 Å². The number of carboxylic acid groups (broad SMARTS) is 1. The quantitative estimate of drug-likeness (QED) is 0.860. The third-order valence-corrected chi connectivity index (χ3v) is 3.26. The Hall–Kier alpha value is -2.66. The van der Waals surface area contributed by atoms with E-state index in [-0.39, 0.29) is 12.3 Å². The van der Waals surface area contributed by atoms with E-state index in [1.54, 1.807) is 30.3 Å². The highest BCUT2D eigenvalue weighted by Gasteiger charge is 2.08. The summed E-state index contributed by atoms with van der Waals surface area (Å²) in [5.41, 5.74) is 3.00. The van der Waals surface area contributed by atoms with Crippen LogP contribution in [0.15, 0.2) is 48.5 Å². The minimum atomic E-state index is -0.875. The Bertz CT molecular complexity index is 694. The van der Waals surface area contributed by atoms with Gasteiger partial charge in [-0.2, -0.15) is 0 Å². The molecule has 1 amide bonds. The van der Waals surface area contributed by atoms with Crippen LogP contribution in [0.5, 0.6) is 0 Å². The third-order valence-electron chi connectivity index (χ3n) is 3.26. The highest BCUT2D eigenvalue weighted by molar-refractivity contribution is 6.04. The Morgan fingerprint density at radius 1 is 1.04 bits per heavy atom. The number of amides is 1. The van der Waals surface area contributed by atoms with Gasteiger partial charge in [-0.05, 0) is 49.5 Å². The Morgan fingerprint density at radius 2 is 1.74 bits per heavy atom. The van der Waals surface area contributed by atoms with Crippen molar-refractivity contribution < 1.29 is 14.7 Å². The van der Waals surface area contributed by atoms with Crippen molar-refractivity contribution in [3.05, 3.63) is 65.2 Å². The van der Waals surface area contributed by atoms with E-state index in [0.29, 0.717) is 16.8 Å². The van der Waals surface area contributed by atoms with Gasteiger partial charge in [0.15, 0.2) is 0 Å². The topological polar surface area (TPSA) is 69.6 Å². The van der Waals surface area contributed by atoms with Crippen LogP contribution in [0.25, 0.3) is 0 Å². The zero-order valence-corrected chi connectivity index (χ0v) is 13.2. The van der Waals surface area contributed by atoms with Gasteiger partial charge in [-0.1, -0.05) is 24.3 Å². The van der Waals surface area contributed by atoms with Crippen molar-refractivity contribution in [2.45, 2.75) is 13.0 Å². The molecular weight excluding hydrogens is 292 g/mol. The van der Waals surface area contributed by atoms with Gasteiger partial charge in [0.1, 0.15) is 0 Å². The number of hydrogen-bond acceptors (Lipinski definition) is 3. The Balaban J connectivity index is 2.05. The van der Waals surface area contributed by atoms with E-state index < -0.39 is 5.97 Å². The van der Waals surface area contributed by atoms with Crippen LogP contribution in [-0.4, -0.2) is 36.0 Å². The number of nitrogens with one attached hydrogen (secondary N) is 1. The molecule has 0 saturated carbocycles. The third kappa shape index (κ3) is 5.23. The van der Waals surface area contributed by atoms with Crippen molar-refractivity contribution in [2.24, 2.45) is 0 Å². The maximum atomic E-state index is 12.3. The molecule has 5 nitrogen and oxygen atoms in total. The monoisotopic (exact) mass is 312 g/mol. The number of anilines is 1. The standard InChI is InChI=1S/C18H20N2O3/c1-20(2)12-14-4-3-5-15(10-14)18(23)19-16-8-6-13(7-9-16)11-17(21)22/h3-10H,11-12H2,1-2H3,(H,19,23)(H,21,22). The zero-order valence-electron chi connectivity index (χ0n) is 13.2. The predicted octanol–water partition coefficient (Wildman–Crippen LogP) is 2.63. The SMILES string of the molecule is CN(C)Cc1cccc(C(=O)Nc2ccc(CC(=O)O)cc2)c1. The summed E-state index contributed by atoms with van der Waals surface area (Å²) in [6.45, 7) is 0.769. The Labute approximate surface area is 135 Å². The summed E-state index contributed by atoms with van der Waals surface area (Å²) in [6.07, 6.45) is -0.0270. The van der Waals surface area contributed by atoms with Gasteiger partial charge in [-0.25, -0.2) is 0 Å². The van der Waals surface area contributed by atoms with E-state index in [1.807, 2.05) is 37.2 Å². The summed E-state index contributed by atoms with van der Waals surface area (Å²) in [7, 11) is 3.96. The summed E-state index contributed by atoms with van der Waals surface area (Å²) < 4.78 is 0. The van der Waals surface area contributed by atoms with Crippen LogP contribution < -0.4 is 5.32 Å². The molecule has 0 atom stereocenters. The van der Waals surface area contributed by atoms with E-state index in [9.17, 15) is 9.59 Å². The largest absolute Gasteiger partial charge is 0.481 e. The van der Waals surface area contributed by atoms with Crippen LogP contribution in [0.4, 0.5) is 5.69 Å². The molecule has 0 radical (unpaired) electrons. The maximum absolute atomic E-state index is 12.3. The first-order chi connectivity index (χ1) is 10.9. The number of carbonyl (C=O) groups is 2. The van der Waals surface area contributed by atoms with Crippen LogP contribution in [-0.2, 0) is 17.8 Å². The molecular formula is C18H20N2O3. The number of nitrogens with zero attached hydrogens (tertiary/aromatic N) is 1. The average molecular weight is 312 g/mol. The lowest BCUT2D eigenvalue weighted by molar-refractivity contribution is -0.136. The molecule has 0 spiro atoms. The molecule has 0 unspecified atom stereocenters. The first-order valence-corrected chi connectivity index (χ1v) is 7.30. The Morgan fingerprint density at radius 3 is 2.35 bits per heavy atom. The van der Waals surface area contributed by atoms with E-state index in [1.165, 1.54) is 0 Å². The maximum Gasteiger partial charge on any atom is 0.307 e. The summed E-state index contributed by atoms with van der Waals surface area (Å²) in [5, 5.41) is 11.6. The second kappa shape index (κ2) is 7.56.